The molecule has 104 valence electrons. The Morgan fingerprint density at radius 1 is 1.15 bits per heavy atom. The topological polar surface area (TPSA) is 74.9 Å². The van der Waals surface area contributed by atoms with Crippen LogP contribution < -0.4 is 4.72 Å². The number of benzene rings is 1. The second kappa shape index (κ2) is 6.37. The summed E-state index contributed by atoms with van der Waals surface area (Å²) in [5.41, 5.74) is 0.158. The summed E-state index contributed by atoms with van der Waals surface area (Å²) in [6, 6.07) is 11.9. The molecule has 0 bridgehead atoms. The molecule has 1 aromatic carbocycles. The predicted octanol–water partition coefficient (Wildman–Crippen LogP) is 1.73. The Hall–Kier alpha value is -2.10. The fourth-order valence-electron chi connectivity index (χ4n) is 1.86. The molecule has 0 saturated heterocycles. The molecule has 0 unspecified atom stereocenters. The number of nitrogens with one attached hydrogen (secondary N) is 1. The normalized spacial score (nSPS) is 11.2. The Labute approximate surface area is 118 Å². The molecule has 1 aromatic heterocycles. The number of nitrogens with zero attached hydrogens (tertiary/aromatic N) is 2. The lowest BCUT2D eigenvalue weighted by molar-refractivity contribution is 0.570. The fourth-order valence-corrected chi connectivity index (χ4v) is 3.09. The summed E-state index contributed by atoms with van der Waals surface area (Å²) in [5.74, 6) is 0. The summed E-state index contributed by atoms with van der Waals surface area (Å²) >= 11 is 0. The molecule has 1 heterocycles. The maximum atomic E-state index is 12.1. The van der Waals surface area contributed by atoms with Crippen LogP contribution in [0, 0.1) is 11.3 Å². The van der Waals surface area contributed by atoms with Gasteiger partial charge in [-0.2, -0.15) is 5.26 Å². The highest BCUT2D eigenvalue weighted by Gasteiger charge is 2.17. The molecule has 2 aromatic rings. The van der Waals surface area contributed by atoms with Crippen molar-refractivity contribution in [1.29, 1.82) is 5.26 Å². The van der Waals surface area contributed by atoms with Crippen molar-refractivity contribution in [3.63, 3.8) is 0 Å². The lowest BCUT2D eigenvalue weighted by Crippen LogP contribution is -2.26. The van der Waals surface area contributed by atoms with Crippen molar-refractivity contribution in [2.45, 2.75) is 17.9 Å². The van der Waals surface area contributed by atoms with Gasteiger partial charge in [-0.25, -0.2) is 13.1 Å². The number of nitriles is 1. The van der Waals surface area contributed by atoms with Gasteiger partial charge in [0.05, 0.1) is 10.5 Å². The average Bonchev–Trinajstić information content (AvgIpc) is 2.97. The van der Waals surface area contributed by atoms with Gasteiger partial charge in [-0.05, 0) is 30.7 Å². The Bertz CT molecular complexity index is 700. The van der Waals surface area contributed by atoms with E-state index in [9.17, 15) is 8.42 Å². The highest BCUT2D eigenvalue weighted by atomic mass is 32.2. The number of sulfonamides is 1. The zero-order chi connectivity index (χ0) is 14.4. The Balaban J connectivity index is 1.96. The van der Waals surface area contributed by atoms with Crippen LogP contribution in [0.2, 0.25) is 0 Å². The molecule has 0 spiro atoms. The third-order valence-corrected chi connectivity index (χ3v) is 4.37. The number of aromatic nitrogens is 1. The minimum absolute atomic E-state index is 0.0310. The molecule has 0 aliphatic heterocycles. The van der Waals surface area contributed by atoms with Crippen LogP contribution in [0.5, 0.6) is 0 Å². The number of aryl methyl sites for hydroxylation is 1. The van der Waals surface area contributed by atoms with E-state index in [-0.39, 0.29) is 10.5 Å². The summed E-state index contributed by atoms with van der Waals surface area (Å²) in [6.07, 6.45) is 4.54. The number of hydrogen-bond donors (Lipinski definition) is 1. The zero-order valence-corrected chi connectivity index (χ0v) is 11.7. The molecule has 0 fully saturated rings. The van der Waals surface area contributed by atoms with Gasteiger partial charge in [0.25, 0.3) is 0 Å². The summed E-state index contributed by atoms with van der Waals surface area (Å²) in [4.78, 5) is 0.0310. The van der Waals surface area contributed by atoms with Crippen LogP contribution in [0.25, 0.3) is 0 Å². The maximum Gasteiger partial charge on any atom is 0.241 e. The molecule has 2 rings (SSSR count). The van der Waals surface area contributed by atoms with Gasteiger partial charge in [-0.15, -0.1) is 0 Å². The molecule has 0 saturated carbocycles. The Morgan fingerprint density at radius 2 is 1.85 bits per heavy atom. The lowest BCUT2D eigenvalue weighted by Gasteiger charge is -2.08. The molecule has 0 aliphatic rings. The predicted molar refractivity (Wildman–Crippen MR) is 75.4 cm³/mol. The third-order valence-electron chi connectivity index (χ3n) is 2.85. The molecule has 5 nitrogen and oxygen atoms in total. The van der Waals surface area contributed by atoms with Crippen LogP contribution in [0.3, 0.4) is 0 Å². The first-order valence-corrected chi connectivity index (χ1v) is 7.71. The van der Waals surface area contributed by atoms with E-state index in [0.717, 1.165) is 6.54 Å². The molecule has 6 heteroatoms. The summed E-state index contributed by atoms with van der Waals surface area (Å²) < 4.78 is 28.7. The smallest absolute Gasteiger partial charge is 0.241 e. The van der Waals surface area contributed by atoms with Crippen molar-refractivity contribution in [3.8, 4) is 6.07 Å². The first-order valence-electron chi connectivity index (χ1n) is 6.23. The van der Waals surface area contributed by atoms with Crippen molar-refractivity contribution in [2.75, 3.05) is 6.54 Å². The van der Waals surface area contributed by atoms with E-state index in [1.54, 1.807) is 12.1 Å². The van der Waals surface area contributed by atoms with Gasteiger partial charge in [0.15, 0.2) is 0 Å². The van der Waals surface area contributed by atoms with Gasteiger partial charge in [-0.3, -0.25) is 0 Å². The minimum Gasteiger partial charge on any atom is -0.354 e. The monoisotopic (exact) mass is 289 g/mol. The van der Waals surface area contributed by atoms with E-state index in [0.29, 0.717) is 13.0 Å². The van der Waals surface area contributed by atoms with Crippen molar-refractivity contribution in [1.82, 2.24) is 9.29 Å². The molecular formula is C14H15N3O2S. The van der Waals surface area contributed by atoms with Crippen LogP contribution in [-0.4, -0.2) is 19.5 Å². The van der Waals surface area contributed by atoms with Gasteiger partial charge in [0, 0.05) is 25.5 Å². The van der Waals surface area contributed by atoms with Gasteiger partial charge in [0.2, 0.25) is 10.0 Å². The van der Waals surface area contributed by atoms with Crippen LogP contribution in [0.4, 0.5) is 0 Å². The van der Waals surface area contributed by atoms with Crippen molar-refractivity contribution in [3.05, 3.63) is 54.4 Å². The van der Waals surface area contributed by atoms with Gasteiger partial charge >= 0.3 is 0 Å². The van der Waals surface area contributed by atoms with Crippen LogP contribution >= 0.6 is 0 Å². The SMILES string of the molecule is N#Cc1ccccc1S(=O)(=O)NCCCn1cccc1. The Kier molecular flexibility index (Phi) is 4.56. The third kappa shape index (κ3) is 3.47. The first-order chi connectivity index (χ1) is 9.63. The van der Waals surface area contributed by atoms with Crippen LogP contribution in [0.1, 0.15) is 12.0 Å². The van der Waals surface area contributed by atoms with E-state index in [4.69, 9.17) is 5.26 Å². The van der Waals surface area contributed by atoms with E-state index in [1.165, 1.54) is 12.1 Å². The average molecular weight is 289 g/mol. The molecular weight excluding hydrogens is 274 g/mol. The van der Waals surface area contributed by atoms with E-state index < -0.39 is 10.0 Å². The molecule has 0 radical (unpaired) electrons. The first kappa shape index (κ1) is 14.3. The largest absolute Gasteiger partial charge is 0.354 e. The van der Waals surface area contributed by atoms with Gasteiger partial charge in [-0.1, -0.05) is 12.1 Å². The Morgan fingerprint density at radius 3 is 2.55 bits per heavy atom. The quantitative estimate of drug-likeness (QED) is 0.823. The van der Waals surface area contributed by atoms with Crippen LogP contribution in [0.15, 0.2) is 53.7 Å². The number of rotatable bonds is 6. The zero-order valence-electron chi connectivity index (χ0n) is 10.9. The maximum absolute atomic E-state index is 12.1. The number of hydrogen-bond acceptors (Lipinski definition) is 3. The van der Waals surface area contributed by atoms with E-state index in [1.807, 2.05) is 35.2 Å². The summed E-state index contributed by atoms with van der Waals surface area (Å²) in [7, 11) is -3.63. The van der Waals surface area contributed by atoms with E-state index in [2.05, 4.69) is 4.72 Å². The van der Waals surface area contributed by atoms with Crippen molar-refractivity contribution < 1.29 is 8.42 Å². The second-order valence-electron chi connectivity index (χ2n) is 4.28. The highest BCUT2D eigenvalue weighted by Crippen LogP contribution is 2.13. The van der Waals surface area contributed by atoms with Gasteiger partial charge in [0.1, 0.15) is 6.07 Å². The molecule has 0 aliphatic carbocycles. The van der Waals surface area contributed by atoms with E-state index >= 15 is 0 Å². The fraction of sp³-hybridized carbons (Fsp3) is 0.214. The van der Waals surface area contributed by atoms with Crippen LogP contribution in [-0.2, 0) is 16.6 Å². The minimum atomic E-state index is -3.63. The molecule has 1 N–H and O–H groups in total. The summed E-state index contributed by atoms with van der Waals surface area (Å²) in [6.45, 7) is 1.08. The van der Waals surface area contributed by atoms with Crippen molar-refractivity contribution in [2.24, 2.45) is 0 Å². The molecule has 20 heavy (non-hydrogen) atoms. The molecule has 0 atom stereocenters. The second-order valence-corrected chi connectivity index (χ2v) is 6.02. The standard InChI is InChI=1S/C14H15N3O2S/c15-12-13-6-1-2-7-14(13)20(18,19)16-8-5-11-17-9-3-4-10-17/h1-4,6-7,9-10,16H,5,8,11H2. The highest BCUT2D eigenvalue weighted by molar-refractivity contribution is 7.89. The lowest BCUT2D eigenvalue weighted by atomic mass is 10.2. The van der Waals surface area contributed by atoms with Gasteiger partial charge < -0.3 is 4.57 Å². The summed E-state index contributed by atoms with van der Waals surface area (Å²) in [5, 5.41) is 8.93. The molecule has 0 amide bonds. The van der Waals surface area contributed by atoms with Crippen molar-refractivity contribution >= 4 is 10.0 Å².